The van der Waals surface area contributed by atoms with E-state index in [1.165, 1.54) is 12.8 Å². The molecule has 3 heterocycles. The van der Waals surface area contributed by atoms with Gasteiger partial charge in [0.05, 0.1) is 0 Å². The van der Waals surface area contributed by atoms with Gasteiger partial charge in [-0.25, -0.2) is 0 Å². The van der Waals surface area contributed by atoms with Crippen LogP contribution in [0, 0.1) is 12.8 Å². The zero-order valence-electron chi connectivity index (χ0n) is 9.85. The number of hydrogen-bond donors (Lipinski definition) is 1. The lowest BCUT2D eigenvalue weighted by Crippen LogP contribution is -2.41. The van der Waals surface area contributed by atoms with Gasteiger partial charge in [0, 0.05) is 26.1 Å². The quantitative estimate of drug-likeness (QED) is 0.754. The highest BCUT2D eigenvalue weighted by Crippen LogP contribution is 2.25. The Hall–Kier alpha value is -1.43. The number of nitrogens with zero attached hydrogens (tertiary/aromatic N) is 3. The molecule has 1 aromatic heterocycles. The second-order valence-corrected chi connectivity index (χ2v) is 4.81. The maximum atomic E-state index is 12.1. The number of rotatable bonds is 1. The molecule has 1 aromatic rings. The van der Waals surface area contributed by atoms with Crippen molar-refractivity contribution in [2.45, 2.75) is 25.8 Å². The van der Waals surface area contributed by atoms with Gasteiger partial charge in [-0.15, -0.1) is 0 Å². The van der Waals surface area contributed by atoms with Gasteiger partial charge in [0.15, 0.2) is 0 Å². The van der Waals surface area contributed by atoms with E-state index >= 15 is 0 Å². The number of carbonyl (C=O) groups excluding carboxylic acids is 1. The lowest BCUT2D eigenvalue weighted by atomic mass is 9.94. The molecule has 2 aliphatic rings. The van der Waals surface area contributed by atoms with Crippen molar-refractivity contribution in [3.05, 3.63) is 11.7 Å². The Morgan fingerprint density at radius 1 is 1.53 bits per heavy atom. The fourth-order valence-corrected chi connectivity index (χ4v) is 2.74. The van der Waals surface area contributed by atoms with Crippen molar-refractivity contribution in [1.29, 1.82) is 0 Å². The first-order valence-electron chi connectivity index (χ1n) is 6.07. The first kappa shape index (κ1) is 10.7. The highest BCUT2D eigenvalue weighted by molar-refractivity contribution is 5.90. The van der Waals surface area contributed by atoms with E-state index in [0.717, 1.165) is 19.6 Å². The van der Waals surface area contributed by atoms with Gasteiger partial charge in [-0.1, -0.05) is 5.16 Å². The van der Waals surface area contributed by atoms with Crippen LogP contribution in [0.1, 0.15) is 29.4 Å². The molecule has 6 nitrogen and oxygen atoms in total. The van der Waals surface area contributed by atoms with Gasteiger partial charge < -0.3 is 14.7 Å². The lowest BCUT2D eigenvalue weighted by molar-refractivity contribution is 0.0770. The zero-order chi connectivity index (χ0) is 11.8. The number of aryl methyl sites for hydroxylation is 1. The third-order valence-corrected chi connectivity index (χ3v) is 3.61. The summed E-state index contributed by atoms with van der Waals surface area (Å²) in [7, 11) is 0. The summed E-state index contributed by atoms with van der Waals surface area (Å²) in [4.78, 5) is 17.9. The normalized spacial score (nSPS) is 28.2. The van der Waals surface area contributed by atoms with Crippen LogP contribution in [0.4, 0.5) is 0 Å². The Kier molecular flexibility index (Phi) is 2.58. The van der Waals surface area contributed by atoms with Crippen molar-refractivity contribution in [3.8, 4) is 0 Å². The summed E-state index contributed by atoms with van der Waals surface area (Å²) in [6.45, 7) is 4.32. The average molecular weight is 236 g/mol. The van der Waals surface area contributed by atoms with Crippen LogP contribution in [-0.2, 0) is 0 Å². The van der Waals surface area contributed by atoms with E-state index in [1.807, 2.05) is 4.90 Å². The van der Waals surface area contributed by atoms with E-state index in [4.69, 9.17) is 4.52 Å². The molecule has 6 heteroatoms. The summed E-state index contributed by atoms with van der Waals surface area (Å²) < 4.78 is 4.84. The molecule has 2 saturated heterocycles. The molecule has 3 rings (SSSR count). The largest absolute Gasteiger partial charge is 0.339 e. The maximum Gasteiger partial charge on any atom is 0.295 e. The van der Waals surface area contributed by atoms with Crippen LogP contribution < -0.4 is 5.32 Å². The van der Waals surface area contributed by atoms with Gasteiger partial charge in [0.2, 0.25) is 5.89 Å². The number of carbonyl (C=O) groups is 1. The Balaban J connectivity index is 1.71. The Morgan fingerprint density at radius 2 is 2.41 bits per heavy atom. The third-order valence-electron chi connectivity index (χ3n) is 3.61. The van der Waals surface area contributed by atoms with Gasteiger partial charge in [-0.2, -0.15) is 4.98 Å². The molecule has 1 amide bonds. The molecule has 2 fully saturated rings. The average Bonchev–Trinajstić information content (AvgIpc) is 2.93. The predicted octanol–water partition coefficient (Wildman–Crippen LogP) is 0.202. The van der Waals surface area contributed by atoms with Gasteiger partial charge in [-0.3, -0.25) is 4.79 Å². The van der Waals surface area contributed by atoms with Crippen LogP contribution in [0.3, 0.4) is 0 Å². The molecule has 0 saturated carbocycles. The van der Waals surface area contributed by atoms with E-state index in [0.29, 0.717) is 17.9 Å². The minimum absolute atomic E-state index is 0.113. The topological polar surface area (TPSA) is 71.3 Å². The number of hydrogen-bond acceptors (Lipinski definition) is 5. The first-order chi connectivity index (χ1) is 8.24. The van der Waals surface area contributed by atoms with E-state index < -0.39 is 0 Å². The second kappa shape index (κ2) is 4.10. The zero-order valence-corrected chi connectivity index (χ0v) is 9.85. The lowest BCUT2D eigenvalue weighted by Gasteiger charge is -2.24. The van der Waals surface area contributed by atoms with Gasteiger partial charge in [0.1, 0.15) is 0 Å². The molecule has 2 aliphatic heterocycles. The monoisotopic (exact) mass is 236 g/mol. The Labute approximate surface area is 99.4 Å². The predicted molar refractivity (Wildman–Crippen MR) is 59.5 cm³/mol. The van der Waals surface area contributed by atoms with E-state index in [1.54, 1.807) is 6.92 Å². The van der Waals surface area contributed by atoms with E-state index in [9.17, 15) is 4.79 Å². The SMILES string of the molecule is Cc1nc(C(=O)N2C[C@@H]3CCCN[C@@H]3C2)no1. The highest BCUT2D eigenvalue weighted by atomic mass is 16.5. The fourth-order valence-electron chi connectivity index (χ4n) is 2.74. The molecule has 0 radical (unpaired) electrons. The van der Waals surface area contributed by atoms with Crippen LogP contribution >= 0.6 is 0 Å². The number of piperidine rings is 1. The molecular formula is C11H16N4O2. The van der Waals surface area contributed by atoms with Gasteiger partial charge in [-0.05, 0) is 25.3 Å². The Bertz CT molecular complexity index is 417. The van der Waals surface area contributed by atoms with Crippen molar-refractivity contribution in [1.82, 2.24) is 20.4 Å². The number of likely N-dealkylation sites (tertiary alicyclic amines) is 1. The molecule has 17 heavy (non-hydrogen) atoms. The molecule has 1 N–H and O–H groups in total. The number of nitrogens with one attached hydrogen (secondary N) is 1. The summed E-state index contributed by atoms with van der Waals surface area (Å²) >= 11 is 0. The van der Waals surface area contributed by atoms with Crippen molar-refractivity contribution in [2.24, 2.45) is 5.92 Å². The van der Waals surface area contributed by atoms with E-state index in [2.05, 4.69) is 15.5 Å². The summed E-state index contributed by atoms with van der Waals surface area (Å²) in [5, 5.41) is 7.14. The van der Waals surface area contributed by atoms with Crippen molar-refractivity contribution >= 4 is 5.91 Å². The summed E-state index contributed by atoms with van der Waals surface area (Å²) in [6.07, 6.45) is 2.40. The van der Waals surface area contributed by atoms with Crippen LogP contribution in [0.2, 0.25) is 0 Å². The van der Waals surface area contributed by atoms with Crippen LogP contribution in [0.25, 0.3) is 0 Å². The molecule has 2 atom stereocenters. The molecule has 0 bridgehead atoms. The highest BCUT2D eigenvalue weighted by Gasteiger charge is 2.37. The smallest absolute Gasteiger partial charge is 0.295 e. The Morgan fingerprint density at radius 3 is 3.12 bits per heavy atom. The van der Waals surface area contributed by atoms with Crippen molar-refractivity contribution in [2.75, 3.05) is 19.6 Å². The number of amides is 1. The molecule has 0 aromatic carbocycles. The summed E-state index contributed by atoms with van der Waals surface area (Å²) in [5.41, 5.74) is 0. The molecule has 0 spiro atoms. The van der Waals surface area contributed by atoms with Gasteiger partial charge >= 0.3 is 0 Å². The summed E-state index contributed by atoms with van der Waals surface area (Å²) in [6, 6.07) is 0.445. The molecule has 0 aliphatic carbocycles. The van der Waals surface area contributed by atoms with Gasteiger partial charge in [0.25, 0.3) is 11.7 Å². The molecular weight excluding hydrogens is 220 g/mol. The van der Waals surface area contributed by atoms with Crippen molar-refractivity contribution in [3.63, 3.8) is 0 Å². The number of fused-ring (bicyclic) bond motifs is 1. The minimum Gasteiger partial charge on any atom is -0.339 e. The second-order valence-electron chi connectivity index (χ2n) is 4.81. The minimum atomic E-state index is -0.113. The van der Waals surface area contributed by atoms with Crippen molar-refractivity contribution < 1.29 is 9.32 Å². The molecule has 92 valence electrons. The third kappa shape index (κ3) is 1.93. The van der Waals surface area contributed by atoms with Crippen LogP contribution in [-0.4, -0.2) is 46.6 Å². The maximum absolute atomic E-state index is 12.1. The summed E-state index contributed by atoms with van der Waals surface area (Å²) in [5.74, 6) is 1.09. The fraction of sp³-hybridized carbons (Fsp3) is 0.727. The van der Waals surface area contributed by atoms with Crippen LogP contribution in [0.15, 0.2) is 4.52 Å². The first-order valence-corrected chi connectivity index (χ1v) is 6.07. The van der Waals surface area contributed by atoms with Crippen LogP contribution in [0.5, 0.6) is 0 Å². The standard InChI is InChI=1S/C11H16N4O2/c1-7-13-10(14-17-7)11(16)15-5-8-3-2-4-12-9(8)6-15/h8-9,12H,2-6H2,1H3/t8-,9+/m0/s1. The molecule has 0 unspecified atom stereocenters. The van der Waals surface area contributed by atoms with E-state index in [-0.39, 0.29) is 11.7 Å². The number of aromatic nitrogens is 2.